The van der Waals surface area contributed by atoms with Crippen molar-refractivity contribution in [2.45, 2.75) is 58.5 Å². The molecule has 0 spiro atoms. The molecular formula is C21H30F3N3O3. The van der Waals surface area contributed by atoms with Crippen molar-refractivity contribution in [3.05, 3.63) is 35.4 Å². The van der Waals surface area contributed by atoms with Crippen LogP contribution >= 0.6 is 0 Å². The SMILES string of the molecule is CC(C)(C)OC(=O)N1CCN(Cc2cccc(C(=O)NC(C)(C)C(F)(F)F)c2)CC1. The second-order valence-corrected chi connectivity index (χ2v) is 9.02. The molecule has 0 saturated carbocycles. The number of halogens is 3. The smallest absolute Gasteiger partial charge is 0.410 e. The van der Waals surface area contributed by atoms with E-state index in [1.54, 1.807) is 17.0 Å². The van der Waals surface area contributed by atoms with Gasteiger partial charge in [-0.05, 0) is 52.3 Å². The number of rotatable bonds is 4. The van der Waals surface area contributed by atoms with E-state index < -0.39 is 23.2 Å². The topological polar surface area (TPSA) is 61.9 Å². The molecule has 1 aromatic rings. The molecule has 0 aromatic heterocycles. The van der Waals surface area contributed by atoms with Crippen LogP contribution in [-0.2, 0) is 11.3 Å². The second-order valence-electron chi connectivity index (χ2n) is 9.02. The number of hydrogen-bond acceptors (Lipinski definition) is 4. The lowest BCUT2D eigenvalue weighted by Crippen LogP contribution is -2.54. The fourth-order valence-electron chi connectivity index (χ4n) is 2.91. The molecule has 1 aliphatic heterocycles. The van der Waals surface area contributed by atoms with Gasteiger partial charge in [0.15, 0.2) is 0 Å². The number of carbonyl (C=O) groups excluding carboxylic acids is 2. The molecule has 6 nitrogen and oxygen atoms in total. The molecule has 0 radical (unpaired) electrons. The molecule has 1 N–H and O–H groups in total. The summed E-state index contributed by atoms with van der Waals surface area (Å²) in [5.41, 5.74) is -1.87. The monoisotopic (exact) mass is 429 g/mol. The first-order valence-corrected chi connectivity index (χ1v) is 9.86. The zero-order chi connectivity index (χ0) is 22.7. The Morgan fingerprint density at radius 2 is 1.63 bits per heavy atom. The number of piperazine rings is 1. The summed E-state index contributed by atoms with van der Waals surface area (Å²) in [4.78, 5) is 28.2. The fraction of sp³-hybridized carbons (Fsp3) is 0.619. The van der Waals surface area contributed by atoms with Crippen LogP contribution in [0.3, 0.4) is 0 Å². The highest BCUT2D eigenvalue weighted by Gasteiger charge is 2.48. The van der Waals surface area contributed by atoms with E-state index in [1.807, 2.05) is 32.2 Å². The number of ether oxygens (including phenoxy) is 1. The summed E-state index contributed by atoms with van der Waals surface area (Å²) in [6, 6.07) is 6.57. The predicted molar refractivity (Wildman–Crippen MR) is 107 cm³/mol. The number of alkyl halides is 3. The van der Waals surface area contributed by atoms with Gasteiger partial charge in [-0.15, -0.1) is 0 Å². The summed E-state index contributed by atoms with van der Waals surface area (Å²) in [5, 5.41) is 2.04. The van der Waals surface area contributed by atoms with Crippen molar-refractivity contribution in [1.29, 1.82) is 0 Å². The highest BCUT2D eigenvalue weighted by molar-refractivity contribution is 5.94. The Morgan fingerprint density at radius 1 is 1.03 bits per heavy atom. The number of hydrogen-bond donors (Lipinski definition) is 1. The van der Waals surface area contributed by atoms with E-state index >= 15 is 0 Å². The van der Waals surface area contributed by atoms with Gasteiger partial charge >= 0.3 is 12.3 Å². The molecule has 168 valence electrons. The standard InChI is InChI=1S/C21H30F3N3O3/c1-19(2,3)30-18(29)27-11-9-26(10-12-27)14-15-7-6-8-16(13-15)17(28)25-20(4,5)21(22,23)24/h6-8,13H,9-12,14H2,1-5H3,(H,25,28). The molecule has 2 rings (SSSR count). The first-order valence-electron chi connectivity index (χ1n) is 9.86. The first kappa shape index (κ1) is 24.0. The van der Waals surface area contributed by atoms with Crippen LogP contribution in [0.2, 0.25) is 0 Å². The van der Waals surface area contributed by atoms with Crippen LogP contribution in [0.25, 0.3) is 0 Å². The van der Waals surface area contributed by atoms with Crippen LogP contribution in [0, 0.1) is 0 Å². The van der Waals surface area contributed by atoms with Gasteiger partial charge in [0.05, 0.1) is 0 Å². The van der Waals surface area contributed by atoms with Crippen LogP contribution < -0.4 is 5.32 Å². The average Bonchev–Trinajstić information content (AvgIpc) is 2.59. The Morgan fingerprint density at radius 3 is 2.17 bits per heavy atom. The maximum absolute atomic E-state index is 13.0. The second kappa shape index (κ2) is 8.83. The van der Waals surface area contributed by atoms with Crippen molar-refractivity contribution >= 4 is 12.0 Å². The van der Waals surface area contributed by atoms with Gasteiger partial charge in [-0.25, -0.2) is 4.79 Å². The van der Waals surface area contributed by atoms with E-state index in [-0.39, 0.29) is 11.7 Å². The van der Waals surface area contributed by atoms with Crippen molar-refractivity contribution in [3.63, 3.8) is 0 Å². The van der Waals surface area contributed by atoms with E-state index in [1.165, 1.54) is 6.07 Å². The van der Waals surface area contributed by atoms with E-state index in [0.717, 1.165) is 19.4 Å². The minimum Gasteiger partial charge on any atom is -0.444 e. The van der Waals surface area contributed by atoms with Gasteiger partial charge < -0.3 is 15.0 Å². The van der Waals surface area contributed by atoms with Crippen LogP contribution in [0.15, 0.2) is 24.3 Å². The Labute approximate surface area is 175 Å². The fourth-order valence-corrected chi connectivity index (χ4v) is 2.91. The number of benzene rings is 1. The molecule has 1 aromatic carbocycles. The maximum atomic E-state index is 13.0. The molecule has 1 heterocycles. The van der Waals surface area contributed by atoms with Crippen LogP contribution in [0.5, 0.6) is 0 Å². The molecular weight excluding hydrogens is 399 g/mol. The molecule has 0 bridgehead atoms. The van der Waals surface area contributed by atoms with Crippen molar-refractivity contribution in [2.75, 3.05) is 26.2 Å². The quantitative estimate of drug-likeness (QED) is 0.791. The molecule has 0 aliphatic carbocycles. The highest BCUT2D eigenvalue weighted by Crippen LogP contribution is 2.29. The van der Waals surface area contributed by atoms with Crippen molar-refractivity contribution in [3.8, 4) is 0 Å². The number of nitrogens with one attached hydrogen (secondary N) is 1. The van der Waals surface area contributed by atoms with Crippen molar-refractivity contribution in [1.82, 2.24) is 15.1 Å². The third kappa shape index (κ3) is 6.62. The Kier molecular flexibility index (Phi) is 7.06. The average molecular weight is 429 g/mol. The largest absolute Gasteiger partial charge is 0.444 e. The van der Waals surface area contributed by atoms with Gasteiger partial charge in [0.1, 0.15) is 11.1 Å². The van der Waals surface area contributed by atoms with Gasteiger partial charge in [-0.1, -0.05) is 12.1 Å². The minimum absolute atomic E-state index is 0.178. The summed E-state index contributed by atoms with van der Waals surface area (Å²) in [5.74, 6) is -0.770. The maximum Gasteiger partial charge on any atom is 0.410 e. The van der Waals surface area contributed by atoms with Crippen molar-refractivity contribution < 1.29 is 27.5 Å². The first-order chi connectivity index (χ1) is 13.7. The zero-order valence-corrected chi connectivity index (χ0v) is 18.1. The lowest BCUT2D eigenvalue weighted by atomic mass is 10.0. The van der Waals surface area contributed by atoms with Crippen molar-refractivity contribution in [2.24, 2.45) is 0 Å². The molecule has 2 amide bonds. The molecule has 30 heavy (non-hydrogen) atoms. The van der Waals surface area contributed by atoms with E-state index in [9.17, 15) is 22.8 Å². The summed E-state index contributed by atoms with van der Waals surface area (Å²) >= 11 is 0. The van der Waals surface area contributed by atoms with Gasteiger partial charge in [-0.3, -0.25) is 9.69 Å². The Bertz CT molecular complexity index is 765. The van der Waals surface area contributed by atoms with Crippen LogP contribution in [-0.4, -0.2) is 65.3 Å². The van der Waals surface area contributed by atoms with Gasteiger partial charge in [0.25, 0.3) is 5.91 Å². The van der Waals surface area contributed by atoms with E-state index in [0.29, 0.717) is 32.7 Å². The summed E-state index contributed by atoms with van der Waals surface area (Å²) in [6.07, 6.45) is -4.89. The number of amides is 2. The van der Waals surface area contributed by atoms with Crippen LogP contribution in [0.4, 0.5) is 18.0 Å². The van der Waals surface area contributed by atoms with Crippen LogP contribution in [0.1, 0.15) is 50.5 Å². The van der Waals surface area contributed by atoms with Gasteiger partial charge in [0.2, 0.25) is 0 Å². The molecule has 9 heteroatoms. The summed E-state index contributed by atoms with van der Waals surface area (Å²) in [7, 11) is 0. The molecule has 1 fully saturated rings. The van der Waals surface area contributed by atoms with Gasteiger partial charge in [0, 0.05) is 38.3 Å². The minimum atomic E-state index is -4.55. The lowest BCUT2D eigenvalue weighted by Gasteiger charge is -2.35. The van der Waals surface area contributed by atoms with E-state index in [4.69, 9.17) is 4.74 Å². The summed E-state index contributed by atoms with van der Waals surface area (Å²) < 4.78 is 44.4. The Balaban J connectivity index is 1.94. The molecule has 0 unspecified atom stereocenters. The third-order valence-corrected chi connectivity index (χ3v) is 4.75. The Hall–Kier alpha value is -2.29. The molecule has 1 aliphatic rings. The predicted octanol–water partition coefficient (Wildman–Crippen LogP) is 3.81. The molecule has 1 saturated heterocycles. The van der Waals surface area contributed by atoms with E-state index in [2.05, 4.69) is 4.90 Å². The zero-order valence-electron chi connectivity index (χ0n) is 18.1. The molecule has 0 atom stereocenters. The summed E-state index contributed by atoms with van der Waals surface area (Å²) in [6.45, 7) is 10.2. The lowest BCUT2D eigenvalue weighted by molar-refractivity contribution is -0.182. The normalized spacial score (nSPS) is 16.3. The number of carbonyl (C=O) groups is 2. The highest BCUT2D eigenvalue weighted by atomic mass is 19.4. The number of nitrogens with zero attached hydrogens (tertiary/aromatic N) is 2. The van der Waals surface area contributed by atoms with Gasteiger partial charge in [-0.2, -0.15) is 13.2 Å². The third-order valence-electron chi connectivity index (χ3n) is 4.75.